The monoisotopic (exact) mass is 167 g/mol. The van der Waals surface area contributed by atoms with E-state index in [1.165, 1.54) is 0 Å². The molecule has 0 fully saturated rings. The second-order valence-corrected chi connectivity index (χ2v) is 2.55. The van der Waals surface area contributed by atoms with Gasteiger partial charge < -0.3 is 16.6 Å². The molecule has 1 aromatic rings. The first-order chi connectivity index (χ1) is 5.77. The molecule has 66 valence electrons. The first-order valence-corrected chi connectivity index (χ1v) is 3.80. The lowest BCUT2D eigenvalue weighted by atomic mass is 10.2. The molecule has 0 spiro atoms. The summed E-state index contributed by atoms with van der Waals surface area (Å²) in [4.78, 5) is 4.11. The molecule has 0 amide bonds. The normalized spacial score (nSPS) is 12.9. The Morgan fingerprint density at radius 2 is 2.25 bits per heavy atom. The number of aliphatic hydroxyl groups excluding tert-OH is 1. The summed E-state index contributed by atoms with van der Waals surface area (Å²) in [5.74, 6) is 0. The summed E-state index contributed by atoms with van der Waals surface area (Å²) in [6, 6.07) is 5.11. The number of rotatable bonds is 3. The van der Waals surface area contributed by atoms with E-state index in [9.17, 15) is 0 Å². The van der Waals surface area contributed by atoms with E-state index in [2.05, 4.69) is 4.98 Å². The maximum atomic E-state index is 8.78. The fraction of sp³-hybridized carbons (Fsp3) is 0.375. The highest BCUT2D eigenvalue weighted by Gasteiger charge is 2.04. The predicted molar refractivity (Wildman–Crippen MR) is 46.1 cm³/mol. The average molecular weight is 167 g/mol. The molecule has 5 N–H and O–H groups in total. The lowest BCUT2D eigenvalue weighted by Gasteiger charge is -2.08. The highest BCUT2D eigenvalue weighted by atomic mass is 16.3. The van der Waals surface area contributed by atoms with Crippen LogP contribution in [-0.4, -0.2) is 16.6 Å². The Morgan fingerprint density at radius 3 is 2.83 bits per heavy atom. The summed E-state index contributed by atoms with van der Waals surface area (Å²) in [7, 11) is 0. The Labute approximate surface area is 71.2 Å². The van der Waals surface area contributed by atoms with Crippen LogP contribution in [0.5, 0.6) is 0 Å². The van der Waals surface area contributed by atoms with Crippen LogP contribution in [0, 0.1) is 0 Å². The van der Waals surface area contributed by atoms with Crippen LogP contribution >= 0.6 is 0 Å². The minimum absolute atomic E-state index is 0.0644. The maximum Gasteiger partial charge on any atom is 0.0853 e. The lowest BCUT2D eigenvalue weighted by molar-refractivity contribution is 0.276. The predicted octanol–water partition coefficient (Wildman–Crippen LogP) is -0.468. The molecule has 1 rings (SSSR count). The molecule has 1 atom stereocenters. The number of aromatic nitrogens is 1. The van der Waals surface area contributed by atoms with Crippen molar-refractivity contribution in [2.75, 3.05) is 6.54 Å². The van der Waals surface area contributed by atoms with Gasteiger partial charge in [-0.15, -0.1) is 0 Å². The molecule has 0 saturated heterocycles. The van der Waals surface area contributed by atoms with E-state index in [0.717, 1.165) is 5.69 Å². The van der Waals surface area contributed by atoms with Crippen molar-refractivity contribution in [2.45, 2.75) is 12.6 Å². The van der Waals surface area contributed by atoms with E-state index in [4.69, 9.17) is 16.6 Å². The Morgan fingerprint density at radius 1 is 1.50 bits per heavy atom. The molecule has 0 bridgehead atoms. The second kappa shape index (κ2) is 4.15. The molecule has 0 radical (unpaired) electrons. The molecule has 0 aliphatic rings. The van der Waals surface area contributed by atoms with Gasteiger partial charge in [-0.05, 0) is 12.1 Å². The highest BCUT2D eigenvalue weighted by molar-refractivity contribution is 5.13. The molecule has 4 heteroatoms. The van der Waals surface area contributed by atoms with Crippen LogP contribution in [0.4, 0.5) is 0 Å². The van der Waals surface area contributed by atoms with Crippen LogP contribution in [-0.2, 0) is 6.61 Å². The third-order valence-corrected chi connectivity index (χ3v) is 1.62. The summed E-state index contributed by atoms with van der Waals surface area (Å²) in [6.07, 6.45) is 0. The van der Waals surface area contributed by atoms with Gasteiger partial charge in [0, 0.05) is 6.54 Å². The Bertz CT molecular complexity index is 252. The van der Waals surface area contributed by atoms with Crippen LogP contribution < -0.4 is 11.5 Å². The van der Waals surface area contributed by atoms with Crippen molar-refractivity contribution in [3.05, 3.63) is 29.6 Å². The maximum absolute atomic E-state index is 8.78. The molecule has 1 heterocycles. The molecule has 0 aliphatic carbocycles. The van der Waals surface area contributed by atoms with Gasteiger partial charge in [-0.2, -0.15) is 0 Å². The van der Waals surface area contributed by atoms with Gasteiger partial charge in [-0.25, -0.2) is 0 Å². The first-order valence-electron chi connectivity index (χ1n) is 3.80. The molecule has 12 heavy (non-hydrogen) atoms. The first kappa shape index (κ1) is 9.12. The topological polar surface area (TPSA) is 85.2 Å². The third-order valence-electron chi connectivity index (χ3n) is 1.62. The third kappa shape index (κ3) is 2.01. The molecular formula is C8H13N3O. The Kier molecular flexibility index (Phi) is 3.16. The fourth-order valence-corrected chi connectivity index (χ4v) is 0.913. The summed E-state index contributed by atoms with van der Waals surface area (Å²) in [6.45, 7) is 0.299. The van der Waals surface area contributed by atoms with Crippen molar-refractivity contribution in [3.8, 4) is 0 Å². The highest BCUT2D eigenvalue weighted by Crippen LogP contribution is 2.06. The van der Waals surface area contributed by atoms with Crippen molar-refractivity contribution < 1.29 is 5.11 Å². The smallest absolute Gasteiger partial charge is 0.0853 e. The van der Waals surface area contributed by atoms with Crippen LogP contribution in [0.15, 0.2) is 18.2 Å². The van der Waals surface area contributed by atoms with Gasteiger partial charge in [0.1, 0.15) is 0 Å². The van der Waals surface area contributed by atoms with Gasteiger partial charge in [-0.1, -0.05) is 6.07 Å². The van der Waals surface area contributed by atoms with Gasteiger partial charge in [0.25, 0.3) is 0 Å². The molecule has 0 aromatic carbocycles. The largest absolute Gasteiger partial charge is 0.390 e. The Balaban J connectivity index is 2.86. The molecule has 1 aromatic heterocycles. The number of hydrogen-bond acceptors (Lipinski definition) is 4. The van der Waals surface area contributed by atoms with Gasteiger partial charge in [-0.3, -0.25) is 4.98 Å². The van der Waals surface area contributed by atoms with E-state index in [1.807, 2.05) is 6.07 Å². The molecule has 0 aliphatic heterocycles. The minimum atomic E-state index is -0.239. The molecular weight excluding hydrogens is 154 g/mol. The van der Waals surface area contributed by atoms with Crippen molar-refractivity contribution in [2.24, 2.45) is 11.5 Å². The standard InChI is InChI=1S/C8H13N3O/c9-4-7(10)8-3-1-2-6(5-12)11-8/h1-3,7,12H,4-5,9-10H2/t7-/m0/s1. The lowest BCUT2D eigenvalue weighted by Crippen LogP contribution is -2.22. The SMILES string of the molecule is NC[C@H](N)c1cccc(CO)n1. The zero-order valence-electron chi connectivity index (χ0n) is 6.77. The van der Waals surface area contributed by atoms with Crippen molar-refractivity contribution >= 4 is 0 Å². The second-order valence-electron chi connectivity index (χ2n) is 2.55. The van der Waals surface area contributed by atoms with Crippen molar-refractivity contribution in [1.82, 2.24) is 4.98 Å². The number of hydrogen-bond donors (Lipinski definition) is 3. The van der Waals surface area contributed by atoms with Gasteiger partial charge in [0.05, 0.1) is 24.0 Å². The number of pyridine rings is 1. The van der Waals surface area contributed by atoms with Gasteiger partial charge >= 0.3 is 0 Å². The molecule has 0 unspecified atom stereocenters. The summed E-state index contributed by atoms with van der Waals surface area (Å²) in [5.41, 5.74) is 12.4. The number of aliphatic hydroxyl groups is 1. The zero-order valence-corrected chi connectivity index (χ0v) is 6.77. The quantitative estimate of drug-likeness (QED) is 0.568. The Hall–Kier alpha value is -0.970. The fourth-order valence-electron chi connectivity index (χ4n) is 0.913. The molecule has 0 saturated carbocycles. The van der Waals surface area contributed by atoms with E-state index < -0.39 is 0 Å². The van der Waals surface area contributed by atoms with Crippen molar-refractivity contribution in [3.63, 3.8) is 0 Å². The number of nitrogens with two attached hydrogens (primary N) is 2. The zero-order chi connectivity index (χ0) is 8.97. The van der Waals surface area contributed by atoms with E-state index >= 15 is 0 Å². The van der Waals surface area contributed by atoms with Crippen LogP contribution in [0.1, 0.15) is 17.4 Å². The molecule has 4 nitrogen and oxygen atoms in total. The number of nitrogens with zero attached hydrogens (tertiary/aromatic N) is 1. The van der Waals surface area contributed by atoms with Crippen LogP contribution in [0.3, 0.4) is 0 Å². The van der Waals surface area contributed by atoms with Crippen LogP contribution in [0.2, 0.25) is 0 Å². The summed E-state index contributed by atoms with van der Waals surface area (Å²) >= 11 is 0. The average Bonchev–Trinajstić information content (AvgIpc) is 2.17. The van der Waals surface area contributed by atoms with E-state index in [0.29, 0.717) is 12.2 Å². The van der Waals surface area contributed by atoms with Crippen molar-refractivity contribution in [1.29, 1.82) is 0 Å². The van der Waals surface area contributed by atoms with Crippen LogP contribution in [0.25, 0.3) is 0 Å². The van der Waals surface area contributed by atoms with Gasteiger partial charge in [0.15, 0.2) is 0 Å². The van der Waals surface area contributed by atoms with E-state index in [1.54, 1.807) is 12.1 Å². The van der Waals surface area contributed by atoms with Gasteiger partial charge in [0.2, 0.25) is 0 Å². The van der Waals surface area contributed by atoms with E-state index in [-0.39, 0.29) is 12.6 Å². The summed E-state index contributed by atoms with van der Waals surface area (Å²) < 4.78 is 0. The summed E-state index contributed by atoms with van der Waals surface area (Å²) in [5, 5.41) is 8.78. The minimum Gasteiger partial charge on any atom is -0.390 e.